The topological polar surface area (TPSA) is 25.8 Å². The number of hydrogen-bond donors (Lipinski definition) is 0. The molecular formula is C59H36N2S2. The molecule has 9 aromatic carbocycles. The van der Waals surface area contributed by atoms with E-state index in [9.17, 15) is 0 Å². The zero-order chi connectivity index (χ0) is 41.4. The molecule has 3 aromatic heterocycles. The van der Waals surface area contributed by atoms with Gasteiger partial charge in [0.2, 0.25) is 0 Å². The van der Waals surface area contributed by atoms with Gasteiger partial charge in [-0.15, -0.1) is 22.7 Å². The van der Waals surface area contributed by atoms with Crippen LogP contribution < -0.4 is 0 Å². The van der Waals surface area contributed by atoms with Gasteiger partial charge in [-0.2, -0.15) is 0 Å². The smallest absolute Gasteiger partial charge is 0.160 e. The van der Waals surface area contributed by atoms with Gasteiger partial charge in [-0.25, -0.2) is 9.97 Å². The highest BCUT2D eigenvalue weighted by atomic mass is 32.1. The van der Waals surface area contributed by atoms with Crippen molar-refractivity contribution >= 4 is 63.0 Å². The van der Waals surface area contributed by atoms with Crippen molar-refractivity contribution < 1.29 is 0 Å². The average Bonchev–Trinajstić information content (AvgIpc) is 4.06. The van der Waals surface area contributed by atoms with Crippen molar-refractivity contribution in [2.24, 2.45) is 0 Å². The molecule has 0 fully saturated rings. The van der Waals surface area contributed by atoms with Gasteiger partial charge in [0, 0.05) is 57.0 Å². The average molecular weight is 837 g/mol. The Balaban J connectivity index is 1.03. The van der Waals surface area contributed by atoms with Crippen molar-refractivity contribution in [3.05, 3.63) is 217 Å². The third-order valence-corrected chi connectivity index (χ3v) is 15.2. The van der Waals surface area contributed by atoms with Gasteiger partial charge in [0.25, 0.3) is 0 Å². The Bertz CT molecular complexity index is 3780. The molecule has 0 saturated heterocycles. The van der Waals surface area contributed by atoms with Crippen LogP contribution in [0.25, 0.3) is 119 Å². The zero-order valence-electron chi connectivity index (χ0n) is 34.0. The van der Waals surface area contributed by atoms with Gasteiger partial charge < -0.3 is 0 Å². The maximum atomic E-state index is 5.41. The molecule has 63 heavy (non-hydrogen) atoms. The van der Waals surface area contributed by atoms with E-state index in [4.69, 9.17) is 9.97 Å². The number of aromatic nitrogens is 2. The van der Waals surface area contributed by atoms with Crippen LogP contribution in [0, 0.1) is 0 Å². The minimum atomic E-state index is 0.703. The lowest BCUT2D eigenvalue weighted by molar-refractivity contribution is 1.18. The van der Waals surface area contributed by atoms with Crippen LogP contribution in [-0.4, -0.2) is 9.97 Å². The molecule has 4 heteroatoms. The first-order valence-corrected chi connectivity index (χ1v) is 23.1. The molecule has 0 unspecified atom stereocenters. The van der Waals surface area contributed by atoms with E-state index in [1.54, 1.807) is 0 Å². The summed E-state index contributed by atoms with van der Waals surface area (Å²) in [7, 11) is 0. The summed E-state index contributed by atoms with van der Waals surface area (Å²) in [5, 5.41) is 5.19. The van der Waals surface area contributed by atoms with E-state index in [-0.39, 0.29) is 0 Å². The van der Waals surface area contributed by atoms with Crippen LogP contribution in [0.5, 0.6) is 0 Å². The van der Waals surface area contributed by atoms with Crippen LogP contribution in [0.1, 0.15) is 11.1 Å². The Labute approximate surface area is 373 Å². The molecule has 3 heterocycles. The lowest BCUT2D eigenvalue weighted by Gasteiger charge is -2.15. The van der Waals surface area contributed by atoms with Gasteiger partial charge in [-0.3, -0.25) is 0 Å². The number of hydrogen-bond acceptors (Lipinski definition) is 4. The van der Waals surface area contributed by atoms with Gasteiger partial charge in [0.15, 0.2) is 5.82 Å². The fourth-order valence-electron chi connectivity index (χ4n) is 9.77. The molecule has 0 radical (unpaired) electrons. The van der Waals surface area contributed by atoms with E-state index < -0.39 is 0 Å². The molecule has 0 saturated carbocycles. The second-order valence-corrected chi connectivity index (χ2v) is 18.5. The minimum Gasteiger partial charge on any atom is -0.228 e. The summed E-state index contributed by atoms with van der Waals surface area (Å²) < 4.78 is 5.21. The number of benzene rings is 9. The Hall–Kier alpha value is -7.50. The lowest BCUT2D eigenvalue weighted by Crippen LogP contribution is -1.97. The molecule has 2 nitrogen and oxygen atoms in total. The predicted octanol–water partition coefficient (Wildman–Crippen LogP) is 16.8. The monoisotopic (exact) mass is 836 g/mol. The second-order valence-electron chi connectivity index (χ2n) is 16.4. The van der Waals surface area contributed by atoms with Crippen LogP contribution in [-0.2, 0) is 6.42 Å². The Morgan fingerprint density at radius 2 is 0.794 bits per heavy atom. The first kappa shape index (κ1) is 36.2. The molecule has 0 aliphatic heterocycles. The number of thiophene rings is 2. The third kappa shape index (κ3) is 6.06. The molecule has 1 aliphatic rings. The van der Waals surface area contributed by atoms with E-state index in [0.717, 1.165) is 34.5 Å². The first-order chi connectivity index (χ1) is 31.2. The van der Waals surface area contributed by atoms with E-state index in [1.807, 2.05) is 28.7 Å². The molecule has 0 N–H and O–H groups in total. The summed E-state index contributed by atoms with van der Waals surface area (Å²) in [6.07, 6.45) is 0.911. The zero-order valence-corrected chi connectivity index (χ0v) is 35.7. The van der Waals surface area contributed by atoms with Crippen LogP contribution in [0.2, 0.25) is 0 Å². The maximum Gasteiger partial charge on any atom is 0.160 e. The molecule has 1 aliphatic carbocycles. The maximum absolute atomic E-state index is 5.41. The van der Waals surface area contributed by atoms with E-state index in [0.29, 0.717) is 5.82 Å². The summed E-state index contributed by atoms with van der Waals surface area (Å²) >= 11 is 3.74. The van der Waals surface area contributed by atoms with Gasteiger partial charge in [-0.1, -0.05) is 164 Å². The third-order valence-electron chi connectivity index (χ3n) is 12.7. The molecule has 0 spiro atoms. The normalized spacial score (nSPS) is 12.1. The van der Waals surface area contributed by atoms with Gasteiger partial charge in [0.1, 0.15) is 0 Å². The van der Waals surface area contributed by atoms with E-state index >= 15 is 0 Å². The molecule has 0 bridgehead atoms. The quantitative estimate of drug-likeness (QED) is 0.167. The molecule has 12 aromatic rings. The fraction of sp³-hybridized carbons (Fsp3) is 0.0169. The molecule has 13 rings (SSSR count). The molecule has 294 valence electrons. The molecular weight excluding hydrogens is 801 g/mol. The highest BCUT2D eigenvalue weighted by Crippen LogP contribution is 2.46. The van der Waals surface area contributed by atoms with Gasteiger partial charge >= 0.3 is 0 Å². The van der Waals surface area contributed by atoms with Crippen LogP contribution in [0.4, 0.5) is 0 Å². The Morgan fingerprint density at radius 1 is 0.317 bits per heavy atom. The summed E-state index contributed by atoms with van der Waals surface area (Å²) in [5.41, 5.74) is 17.5. The summed E-state index contributed by atoms with van der Waals surface area (Å²) in [4.78, 5) is 10.7. The van der Waals surface area contributed by atoms with Crippen LogP contribution >= 0.6 is 22.7 Å². The lowest BCUT2D eigenvalue weighted by atomic mass is 9.90. The van der Waals surface area contributed by atoms with Crippen molar-refractivity contribution in [3.63, 3.8) is 0 Å². The van der Waals surface area contributed by atoms with Crippen LogP contribution in [0.15, 0.2) is 206 Å². The fourth-order valence-corrected chi connectivity index (χ4v) is 12.2. The number of nitrogens with zero attached hydrogens (tertiary/aromatic N) is 2. The van der Waals surface area contributed by atoms with Crippen molar-refractivity contribution in [2.45, 2.75) is 6.42 Å². The number of fused-ring (bicyclic) bond motifs is 9. The van der Waals surface area contributed by atoms with Gasteiger partial charge in [-0.05, 0) is 105 Å². The summed E-state index contributed by atoms with van der Waals surface area (Å²) in [6, 6.07) is 75.2. The van der Waals surface area contributed by atoms with Crippen molar-refractivity contribution in [1.29, 1.82) is 0 Å². The standard InChI is InChI=1S/C59H36N2S2/c1-2-14-36(15-3-1)59-60-53(39-18-10-17-37(30-39)45-23-12-26-50-48-20-6-8-28-55(48)62-57(45)50)35-54(61-59)42-32-40(44-22-11-25-47-43-19-5-4-16-38(43)34-52(44)47)31-41(33-42)46-24-13-27-51-49-21-7-9-29-56(49)63-58(46)51/h1-33,35H,34H2. The summed E-state index contributed by atoms with van der Waals surface area (Å²) in [5.74, 6) is 0.703. The SMILES string of the molecule is c1ccc(-c2nc(-c3cccc(-c4cccc5c4sc4ccccc45)c3)cc(-c3cc(-c4cccc5c4Cc4ccccc4-5)cc(-c4cccc5c4sc4ccccc45)c3)n2)cc1. The first-order valence-electron chi connectivity index (χ1n) is 21.4. The predicted molar refractivity (Wildman–Crippen MR) is 269 cm³/mol. The van der Waals surface area contributed by atoms with Crippen molar-refractivity contribution in [1.82, 2.24) is 9.97 Å². The van der Waals surface area contributed by atoms with Gasteiger partial charge in [0.05, 0.1) is 11.4 Å². The van der Waals surface area contributed by atoms with Crippen LogP contribution in [0.3, 0.4) is 0 Å². The molecule has 0 atom stereocenters. The Morgan fingerprint density at radius 3 is 1.54 bits per heavy atom. The van der Waals surface area contributed by atoms with Crippen molar-refractivity contribution in [3.8, 4) is 78.4 Å². The largest absolute Gasteiger partial charge is 0.228 e. The second kappa shape index (κ2) is 14.6. The van der Waals surface area contributed by atoms with Crippen molar-refractivity contribution in [2.75, 3.05) is 0 Å². The molecule has 0 amide bonds. The van der Waals surface area contributed by atoms with E-state index in [1.165, 1.54) is 96.0 Å². The highest BCUT2D eigenvalue weighted by molar-refractivity contribution is 7.26. The summed E-state index contributed by atoms with van der Waals surface area (Å²) in [6.45, 7) is 0. The number of rotatable bonds is 6. The Kier molecular flexibility index (Phi) is 8.36. The minimum absolute atomic E-state index is 0.703. The highest BCUT2D eigenvalue weighted by Gasteiger charge is 2.23. The van der Waals surface area contributed by atoms with E-state index in [2.05, 4.69) is 200 Å².